The fourth-order valence-electron chi connectivity index (χ4n) is 4.25. The Hall–Kier alpha value is -3.46. The van der Waals surface area contributed by atoms with Gasteiger partial charge in [0, 0.05) is 5.56 Å². The highest BCUT2D eigenvalue weighted by Gasteiger charge is 2.24. The average molecular weight is 499 g/mol. The first-order valence-corrected chi connectivity index (χ1v) is 12.6. The van der Waals surface area contributed by atoms with E-state index in [0.29, 0.717) is 29.7 Å². The molecule has 0 spiro atoms. The van der Waals surface area contributed by atoms with Crippen LogP contribution in [0.3, 0.4) is 0 Å². The first-order valence-electron chi connectivity index (χ1n) is 12.6. The standard InChI is InChI=1S/C27H34N2O7/c1-2-3-11-25(36-26(30)20-28-17-7-4-8-18-28)23-9-5-6-10-24(23)27(31)35-22-14-12-21(13-15-22)16-19-34-29(32)33/h5-6,9-10,12-15,25H,2-4,7-8,11,16-20H2,1H3. The lowest BCUT2D eigenvalue weighted by atomic mass is 9.98. The van der Waals surface area contributed by atoms with Gasteiger partial charge in [-0.05, 0) is 69.0 Å². The summed E-state index contributed by atoms with van der Waals surface area (Å²) in [4.78, 5) is 42.6. The number of carbonyl (C=O) groups is 2. The fourth-order valence-corrected chi connectivity index (χ4v) is 4.25. The maximum atomic E-state index is 13.1. The van der Waals surface area contributed by atoms with Gasteiger partial charge in [0.05, 0.1) is 12.1 Å². The lowest BCUT2D eigenvalue weighted by Crippen LogP contribution is -2.35. The molecule has 1 heterocycles. The lowest BCUT2D eigenvalue weighted by molar-refractivity contribution is -0.757. The third-order valence-electron chi connectivity index (χ3n) is 6.14. The van der Waals surface area contributed by atoms with Crippen LogP contribution in [0, 0.1) is 10.1 Å². The van der Waals surface area contributed by atoms with Crippen molar-refractivity contribution < 1.29 is 29.0 Å². The highest BCUT2D eigenvalue weighted by Crippen LogP contribution is 2.28. The monoisotopic (exact) mass is 498 g/mol. The molecule has 1 saturated heterocycles. The summed E-state index contributed by atoms with van der Waals surface area (Å²) in [6.07, 6.45) is 5.61. The van der Waals surface area contributed by atoms with E-state index in [1.54, 1.807) is 36.4 Å². The van der Waals surface area contributed by atoms with Crippen LogP contribution in [0.25, 0.3) is 0 Å². The summed E-state index contributed by atoms with van der Waals surface area (Å²) in [7, 11) is 0. The Balaban J connectivity index is 1.67. The first kappa shape index (κ1) is 27.1. The molecule has 3 rings (SSSR count). The second kappa shape index (κ2) is 14.2. The maximum Gasteiger partial charge on any atom is 0.343 e. The smallest absolute Gasteiger partial charge is 0.343 e. The van der Waals surface area contributed by atoms with Crippen molar-refractivity contribution in [2.45, 2.75) is 58.0 Å². The van der Waals surface area contributed by atoms with Crippen molar-refractivity contribution in [1.29, 1.82) is 0 Å². The van der Waals surface area contributed by atoms with E-state index in [9.17, 15) is 19.7 Å². The molecule has 2 aromatic carbocycles. The molecule has 9 heteroatoms. The fraction of sp³-hybridized carbons (Fsp3) is 0.481. The number of unbranched alkanes of at least 4 members (excludes halogenated alkanes) is 1. The van der Waals surface area contributed by atoms with E-state index in [-0.39, 0.29) is 19.1 Å². The quantitative estimate of drug-likeness (QED) is 0.166. The van der Waals surface area contributed by atoms with Crippen LogP contribution in [0.4, 0.5) is 0 Å². The normalized spacial score (nSPS) is 14.6. The Kier molecular flexibility index (Phi) is 10.7. The molecule has 1 unspecified atom stereocenters. The van der Waals surface area contributed by atoms with Gasteiger partial charge in [-0.15, -0.1) is 10.1 Å². The molecule has 0 N–H and O–H groups in total. The van der Waals surface area contributed by atoms with Crippen molar-refractivity contribution in [2.75, 3.05) is 26.2 Å². The van der Waals surface area contributed by atoms with Gasteiger partial charge in [0.2, 0.25) is 0 Å². The number of likely N-dealkylation sites (tertiary alicyclic amines) is 1. The number of nitrogens with zero attached hydrogens (tertiary/aromatic N) is 2. The molecular formula is C27H34N2O7. The van der Waals surface area contributed by atoms with E-state index in [1.165, 1.54) is 6.42 Å². The molecule has 194 valence electrons. The highest BCUT2D eigenvalue weighted by molar-refractivity contribution is 5.93. The number of hydrogen-bond donors (Lipinski definition) is 0. The lowest BCUT2D eigenvalue weighted by Gasteiger charge is -2.27. The number of benzene rings is 2. The van der Waals surface area contributed by atoms with Crippen LogP contribution in [-0.4, -0.2) is 48.2 Å². The summed E-state index contributed by atoms with van der Waals surface area (Å²) in [6.45, 7) is 4.09. The molecule has 1 aliphatic rings. The van der Waals surface area contributed by atoms with Gasteiger partial charge in [-0.3, -0.25) is 9.69 Å². The van der Waals surface area contributed by atoms with E-state index in [0.717, 1.165) is 44.3 Å². The zero-order valence-corrected chi connectivity index (χ0v) is 20.7. The Morgan fingerprint density at radius 1 is 1.06 bits per heavy atom. The van der Waals surface area contributed by atoms with E-state index < -0.39 is 17.2 Å². The van der Waals surface area contributed by atoms with Crippen molar-refractivity contribution in [3.05, 3.63) is 75.3 Å². The van der Waals surface area contributed by atoms with Crippen molar-refractivity contribution in [3.63, 3.8) is 0 Å². The van der Waals surface area contributed by atoms with Gasteiger partial charge >= 0.3 is 11.9 Å². The minimum absolute atomic E-state index is 0.0465. The molecule has 0 radical (unpaired) electrons. The second-order valence-corrected chi connectivity index (χ2v) is 8.89. The van der Waals surface area contributed by atoms with E-state index in [1.807, 2.05) is 12.1 Å². The largest absolute Gasteiger partial charge is 0.457 e. The Morgan fingerprint density at radius 2 is 1.78 bits per heavy atom. The second-order valence-electron chi connectivity index (χ2n) is 8.89. The Labute approximate surface area is 211 Å². The number of carbonyl (C=O) groups excluding carboxylic acids is 2. The molecule has 2 aromatic rings. The minimum atomic E-state index is -0.827. The molecule has 0 amide bonds. The van der Waals surface area contributed by atoms with Crippen molar-refractivity contribution in [1.82, 2.24) is 4.90 Å². The van der Waals surface area contributed by atoms with Gasteiger partial charge in [0.1, 0.15) is 18.5 Å². The zero-order chi connectivity index (χ0) is 25.8. The number of hydrogen-bond acceptors (Lipinski definition) is 8. The minimum Gasteiger partial charge on any atom is -0.457 e. The predicted molar refractivity (Wildman–Crippen MR) is 133 cm³/mol. The van der Waals surface area contributed by atoms with Crippen LogP contribution < -0.4 is 4.74 Å². The van der Waals surface area contributed by atoms with Gasteiger partial charge in [-0.1, -0.05) is 50.1 Å². The molecule has 0 aliphatic carbocycles. The number of piperidine rings is 1. The van der Waals surface area contributed by atoms with E-state index in [4.69, 9.17) is 9.47 Å². The predicted octanol–water partition coefficient (Wildman–Crippen LogP) is 4.92. The maximum absolute atomic E-state index is 13.1. The van der Waals surface area contributed by atoms with E-state index in [2.05, 4.69) is 16.7 Å². The van der Waals surface area contributed by atoms with Crippen LogP contribution in [0.5, 0.6) is 5.75 Å². The van der Waals surface area contributed by atoms with Gasteiger partial charge in [-0.2, -0.15) is 0 Å². The van der Waals surface area contributed by atoms with Crippen LogP contribution in [0.15, 0.2) is 48.5 Å². The third-order valence-corrected chi connectivity index (χ3v) is 6.14. The third kappa shape index (κ3) is 8.64. The molecule has 1 fully saturated rings. The molecule has 0 saturated carbocycles. The first-order chi connectivity index (χ1) is 17.5. The molecule has 1 aliphatic heterocycles. The summed E-state index contributed by atoms with van der Waals surface area (Å²) in [5.41, 5.74) is 1.81. The summed E-state index contributed by atoms with van der Waals surface area (Å²) in [6, 6.07) is 13.8. The van der Waals surface area contributed by atoms with Crippen LogP contribution >= 0.6 is 0 Å². The number of esters is 2. The van der Waals surface area contributed by atoms with Crippen molar-refractivity contribution in [2.24, 2.45) is 0 Å². The van der Waals surface area contributed by atoms with Crippen LogP contribution in [-0.2, 0) is 20.8 Å². The molecular weight excluding hydrogens is 464 g/mol. The van der Waals surface area contributed by atoms with Crippen molar-refractivity contribution in [3.8, 4) is 5.75 Å². The molecule has 9 nitrogen and oxygen atoms in total. The van der Waals surface area contributed by atoms with Gasteiger partial charge in [0.15, 0.2) is 0 Å². The van der Waals surface area contributed by atoms with Crippen LogP contribution in [0.2, 0.25) is 0 Å². The average Bonchev–Trinajstić information content (AvgIpc) is 2.88. The highest BCUT2D eigenvalue weighted by atomic mass is 16.9. The number of ether oxygens (including phenoxy) is 2. The van der Waals surface area contributed by atoms with E-state index >= 15 is 0 Å². The zero-order valence-electron chi connectivity index (χ0n) is 20.7. The SMILES string of the molecule is CCCCC(OC(=O)CN1CCCCC1)c1ccccc1C(=O)Oc1ccc(CCO[N+](=O)[O-])cc1. The summed E-state index contributed by atoms with van der Waals surface area (Å²) in [5, 5.41) is 9.45. The molecule has 36 heavy (non-hydrogen) atoms. The van der Waals surface area contributed by atoms with Crippen LogP contribution in [0.1, 0.15) is 73.0 Å². The summed E-state index contributed by atoms with van der Waals surface area (Å²) < 4.78 is 11.5. The van der Waals surface area contributed by atoms with Gasteiger partial charge in [0.25, 0.3) is 5.09 Å². The molecule has 0 bridgehead atoms. The Morgan fingerprint density at radius 3 is 2.47 bits per heavy atom. The topological polar surface area (TPSA) is 108 Å². The number of rotatable bonds is 13. The summed E-state index contributed by atoms with van der Waals surface area (Å²) >= 11 is 0. The molecule has 0 aromatic heterocycles. The van der Waals surface area contributed by atoms with Gasteiger partial charge in [-0.25, -0.2) is 4.79 Å². The Bertz CT molecular complexity index is 1000. The molecule has 1 atom stereocenters. The van der Waals surface area contributed by atoms with Crippen molar-refractivity contribution >= 4 is 11.9 Å². The van der Waals surface area contributed by atoms with Gasteiger partial charge < -0.3 is 14.3 Å². The summed E-state index contributed by atoms with van der Waals surface area (Å²) in [5.74, 6) is -0.470.